The monoisotopic (exact) mass is 157 g/mol. The number of hydrogen-bond donors (Lipinski definition) is 1. The van der Waals surface area contributed by atoms with Crippen molar-refractivity contribution in [3.05, 3.63) is 0 Å². The Morgan fingerprint density at radius 2 is 2.18 bits per heavy atom. The molecule has 0 aliphatic carbocycles. The second-order valence-corrected chi connectivity index (χ2v) is 3.04. The standard InChI is InChI=1S/C7H11NO3/c1-4(2)3-5-6(9)11-7(10)8-5/h4-5H,3H2,1-2H3,(H,8,10)/t5-/m0/s1. The highest BCUT2D eigenvalue weighted by Crippen LogP contribution is 2.10. The minimum absolute atomic E-state index is 0.381. The van der Waals surface area contributed by atoms with Crippen LogP contribution in [0.2, 0.25) is 0 Å². The third-order valence-corrected chi connectivity index (χ3v) is 1.48. The van der Waals surface area contributed by atoms with Gasteiger partial charge in [-0.05, 0) is 12.3 Å². The van der Waals surface area contributed by atoms with Gasteiger partial charge in [0.15, 0.2) is 0 Å². The Bertz CT molecular complexity index is 188. The van der Waals surface area contributed by atoms with Crippen LogP contribution in [0.3, 0.4) is 0 Å². The van der Waals surface area contributed by atoms with Crippen molar-refractivity contribution < 1.29 is 14.3 Å². The number of ether oxygens (including phenoxy) is 1. The molecule has 0 radical (unpaired) electrons. The maximum absolute atomic E-state index is 10.8. The number of alkyl carbamates (subject to hydrolysis) is 1. The number of amides is 1. The van der Waals surface area contributed by atoms with E-state index in [4.69, 9.17) is 0 Å². The van der Waals surface area contributed by atoms with Crippen LogP contribution in [0.1, 0.15) is 20.3 Å². The lowest BCUT2D eigenvalue weighted by Crippen LogP contribution is -2.29. The van der Waals surface area contributed by atoms with Gasteiger partial charge in [-0.25, -0.2) is 9.59 Å². The highest BCUT2D eigenvalue weighted by atomic mass is 16.6. The fraction of sp³-hybridized carbons (Fsp3) is 0.714. The molecule has 0 unspecified atom stereocenters. The van der Waals surface area contributed by atoms with Crippen molar-refractivity contribution >= 4 is 12.1 Å². The lowest BCUT2D eigenvalue weighted by atomic mass is 10.0. The number of hydrogen-bond acceptors (Lipinski definition) is 3. The minimum atomic E-state index is -0.624. The van der Waals surface area contributed by atoms with Crippen molar-refractivity contribution in [2.24, 2.45) is 5.92 Å². The molecule has 1 fully saturated rings. The molecular weight excluding hydrogens is 146 g/mol. The summed E-state index contributed by atoms with van der Waals surface area (Å²) in [4.78, 5) is 21.3. The highest BCUT2D eigenvalue weighted by molar-refractivity contribution is 5.95. The molecule has 0 aromatic carbocycles. The Morgan fingerprint density at radius 1 is 1.55 bits per heavy atom. The molecule has 1 saturated heterocycles. The Morgan fingerprint density at radius 3 is 2.55 bits per heavy atom. The first-order chi connectivity index (χ1) is 5.09. The number of esters is 1. The van der Waals surface area contributed by atoms with Gasteiger partial charge in [0.25, 0.3) is 0 Å². The van der Waals surface area contributed by atoms with E-state index >= 15 is 0 Å². The first kappa shape index (κ1) is 8.04. The van der Waals surface area contributed by atoms with Crippen LogP contribution in [0.25, 0.3) is 0 Å². The molecule has 62 valence electrons. The Labute approximate surface area is 64.9 Å². The predicted octanol–water partition coefficient (Wildman–Crippen LogP) is 0.667. The molecule has 1 amide bonds. The minimum Gasteiger partial charge on any atom is -0.375 e. The molecule has 1 N–H and O–H groups in total. The fourth-order valence-corrected chi connectivity index (χ4v) is 1.02. The van der Waals surface area contributed by atoms with Gasteiger partial charge in [-0.15, -0.1) is 0 Å². The summed E-state index contributed by atoms with van der Waals surface area (Å²) in [6, 6.07) is -0.428. The summed E-state index contributed by atoms with van der Waals surface area (Å²) >= 11 is 0. The van der Waals surface area contributed by atoms with Gasteiger partial charge in [0.2, 0.25) is 0 Å². The normalized spacial score (nSPS) is 23.7. The molecule has 1 heterocycles. The summed E-state index contributed by atoms with van der Waals surface area (Å²) in [5, 5.41) is 2.42. The predicted molar refractivity (Wildman–Crippen MR) is 37.9 cm³/mol. The molecular formula is C7H11NO3. The van der Waals surface area contributed by atoms with Crippen LogP contribution in [-0.2, 0) is 9.53 Å². The van der Waals surface area contributed by atoms with Gasteiger partial charge < -0.3 is 10.1 Å². The average Bonchev–Trinajstić information content (AvgIpc) is 2.09. The molecule has 1 aliphatic rings. The second-order valence-electron chi connectivity index (χ2n) is 3.04. The van der Waals surface area contributed by atoms with Crippen molar-refractivity contribution in [3.8, 4) is 0 Å². The van der Waals surface area contributed by atoms with E-state index in [9.17, 15) is 9.59 Å². The summed E-state index contributed by atoms with van der Waals surface area (Å²) in [7, 11) is 0. The molecule has 1 atom stereocenters. The Hall–Kier alpha value is -1.06. The lowest BCUT2D eigenvalue weighted by Gasteiger charge is -2.06. The maximum atomic E-state index is 10.8. The largest absolute Gasteiger partial charge is 0.415 e. The van der Waals surface area contributed by atoms with Gasteiger partial charge in [-0.2, -0.15) is 0 Å². The summed E-state index contributed by atoms with van der Waals surface area (Å²) < 4.78 is 4.29. The highest BCUT2D eigenvalue weighted by Gasteiger charge is 2.32. The summed E-state index contributed by atoms with van der Waals surface area (Å²) in [5.41, 5.74) is 0. The van der Waals surface area contributed by atoms with Crippen LogP contribution < -0.4 is 5.32 Å². The van der Waals surface area contributed by atoms with E-state index in [1.54, 1.807) is 0 Å². The van der Waals surface area contributed by atoms with Crippen molar-refractivity contribution in [2.45, 2.75) is 26.3 Å². The molecule has 0 aromatic rings. The van der Waals surface area contributed by atoms with Gasteiger partial charge in [-0.1, -0.05) is 13.8 Å². The molecule has 4 nitrogen and oxygen atoms in total. The van der Waals surface area contributed by atoms with Crippen LogP contribution in [-0.4, -0.2) is 18.1 Å². The molecule has 0 saturated carbocycles. The first-order valence-corrected chi connectivity index (χ1v) is 3.62. The first-order valence-electron chi connectivity index (χ1n) is 3.62. The lowest BCUT2D eigenvalue weighted by molar-refractivity contribution is -0.135. The topological polar surface area (TPSA) is 55.4 Å². The molecule has 1 aliphatic heterocycles. The van der Waals surface area contributed by atoms with Gasteiger partial charge in [0.05, 0.1) is 0 Å². The van der Waals surface area contributed by atoms with Gasteiger partial charge in [0, 0.05) is 0 Å². The average molecular weight is 157 g/mol. The number of carbonyl (C=O) groups excluding carboxylic acids is 2. The zero-order valence-electron chi connectivity index (χ0n) is 6.59. The Balaban J connectivity index is 2.47. The van der Waals surface area contributed by atoms with E-state index in [2.05, 4.69) is 10.1 Å². The van der Waals surface area contributed by atoms with Crippen LogP contribution >= 0.6 is 0 Å². The fourth-order valence-electron chi connectivity index (χ4n) is 1.02. The van der Waals surface area contributed by atoms with Crippen molar-refractivity contribution in [2.75, 3.05) is 0 Å². The van der Waals surface area contributed by atoms with Crippen molar-refractivity contribution in [1.29, 1.82) is 0 Å². The van der Waals surface area contributed by atoms with Crippen LogP contribution in [0.4, 0.5) is 4.79 Å². The second kappa shape index (κ2) is 2.90. The molecule has 0 aromatic heterocycles. The maximum Gasteiger partial charge on any atom is 0.415 e. The SMILES string of the molecule is CC(C)C[C@@H]1NC(=O)OC1=O. The molecule has 0 spiro atoms. The van der Waals surface area contributed by atoms with E-state index in [1.807, 2.05) is 13.8 Å². The van der Waals surface area contributed by atoms with Crippen molar-refractivity contribution in [1.82, 2.24) is 5.32 Å². The van der Waals surface area contributed by atoms with Gasteiger partial charge in [-0.3, -0.25) is 0 Å². The third kappa shape index (κ3) is 1.93. The van der Waals surface area contributed by atoms with E-state index < -0.39 is 18.1 Å². The van der Waals surface area contributed by atoms with Gasteiger partial charge in [0.1, 0.15) is 6.04 Å². The smallest absolute Gasteiger partial charge is 0.375 e. The molecule has 11 heavy (non-hydrogen) atoms. The van der Waals surface area contributed by atoms with E-state index in [1.165, 1.54) is 0 Å². The number of cyclic esters (lactones) is 2. The van der Waals surface area contributed by atoms with Crippen molar-refractivity contribution in [3.63, 3.8) is 0 Å². The van der Waals surface area contributed by atoms with Crippen LogP contribution in [0.5, 0.6) is 0 Å². The number of carbonyl (C=O) groups is 2. The zero-order chi connectivity index (χ0) is 8.43. The Kier molecular flexibility index (Phi) is 2.12. The number of rotatable bonds is 2. The quantitative estimate of drug-likeness (QED) is 0.473. The van der Waals surface area contributed by atoms with Crippen LogP contribution in [0.15, 0.2) is 0 Å². The molecule has 1 rings (SSSR count). The molecule has 0 bridgehead atoms. The summed E-state index contributed by atoms with van der Waals surface area (Å²) in [5.74, 6) is -0.0744. The third-order valence-electron chi connectivity index (χ3n) is 1.48. The zero-order valence-corrected chi connectivity index (χ0v) is 6.59. The van der Waals surface area contributed by atoms with E-state index in [-0.39, 0.29) is 0 Å². The van der Waals surface area contributed by atoms with Crippen LogP contribution in [0, 0.1) is 5.92 Å². The summed E-state index contributed by atoms with van der Waals surface area (Å²) in [6.45, 7) is 3.97. The molecule has 4 heteroatoms. The van der Waals surface area contributed by atoms with Gasteiger partial charge >= 0.3 is 12.1 Å². The van der Waals surface area contributed by atoms with E-state index in [0.717, 1.165) is 0 Å². The number of nitrogens with one attached hydrogen (secondary N) is 1. The van der Waals surface area contributed by atoms with E-state index in [0.29, 0.717) is 12.3 Å². The summed E-state index contributed by atoms with van der Waals surface area (Å²) in [6.07, 6.45) is 0.0190.